The zero-order valence-corrected chi connectivity index (χ0v) is 21.7. The van der Waals surface area contributed by atoms with E-state index in [1.807, 2.05) is 12.1 Å². The van der Waals surface area contributed by atoms with Crippen LogP contribution in [0.2, 0.25) is 0 Å². The molecule has 1 saturated heterocycles. The molecule has 0 saturated carbocycles. The number of piperidine rings is 1. The Hall–Kier alpha value is -3.01. The molecule has 3 atom stereocenters. The van der Waals surface area contributed by atoms with E-state index in [-0.39, 0.29) is 42.7 Å². The molecule has 3 unspecified atom stereocenters. The van der Waals surface area contributed by atoms with Gasteiger partial charge in [0.2, 0.25) is 11.8 Å². The third kappa shape index (κ3) is 8.52. The van der Waals surface area contributed by atoms with Gasteiger partial charge >= 0.3 is 0 Å². The van der Waals surface area contributed by atoms with Crippen LogP contribution in [0.1, 0.15) is 36.8 Å². The van der Waals surface area contributed by atoms with Crippen LogP contribution in [0, 0.1) is 11.7 Å². The average molecular weight is 517 g/mol. The Morgan fingerprint density at radius 2 is 1.84 bits per heavy atom. The quantitative estimate of drug-likeness (QED) is 0.315. The van der Waals surface area contributed by atoms with Gasteiger partial charge in [0.1, 0.15) is 18.1 Å². The number of amides is 2. The van der Waals surface area contributed by atoms with Crippen molar-refractivity contribution in [1.82, 2.24) is 15.5 Å². The molecule has 0 bridgehead atoms. The lowest BCUT2D eigenvalue weighted by Gasteiger charge is -2.41. The lowest BCUT2D eigenvalue weighted by molar-refractivity contribution is -0.147. The molecule has 1 aliphatic rings. The summed E-state index contributed by atoms with van der Waals surface area (Å²) in [7, 11) is 3.22. The monoisotopic (exact) mass is 516 g/mol. The number of rotatable bonds is 13. The van der Waals surface area contributed by atoms with E-state index in [1.54, 1.807) is 43.4 Å². The SMILES string of the molecule is COCCCN(C(=O)CCc1ccc([OH2+])cc1)C(C(=O)NCc1ccc(F)cc1)C1CCCNC1OC. The van der Waals surface area contributed by atoms with Crippen LogP contribution in [-0.2, 0) is 32.0 Å². The van der Waals surface area contributed by atoms with Crippen molar-refractivity contribution >= 4 is 11.8 Å². The highest BCUT2D eigenvalue weighted by Gasteiger charge is 2.41. The second kappa shape index (κ2) is 14.7. The number of hydrogen-bond acceptors (Lipinski definition) is 5. The molecule has 37 heavy (non-hydrogen) atoms. The van der Waals surface area contributed by atoms with Gasteiger partial charge in [-0.05, 0) is 67.6 Å². The highest BCUT2D eigenvalue weighted by Crippen LogP contribution is 2.26. The van der Waals surface area contributed by atoms with Crippen LogP contribution in [-0.4, -0.2) is 68.0 Å². The number of carbonyl (C=O) groups is 2. The molecule has 0 spiro atoms. The summed E-state index contributed by atoms with van der Waals surface area (Å²) in [5.41, 5.74) is 1.74. The molecule has 2 amide bonds. The summed E-state index contributed by atoms with van der Waals surface area (Å²) in [5.74, 6) is -0.528. The maximum absolute atomic E-state index is 13.7. The minimum absolute atomic E-state index is 0.117. The first-order chi connectivity index (χ1) is 17.9. The Morgan fingerprint density at radius 1 is 1.14 bits per heavy atom. The number of hydrogen-bond donors (Lipinski definition) is 2. The highest BCUT2D eigenvalue weighted by molar-refractivity contribution is 5.88. The fraction of sp³-hybridized carbons (Fsp3) is 0.500. The first kappa shape index (κ1) is 28.6. The molecule has 1 heterocycles. The van der Waals surface area contributed by atoms with Gasteiger partial charge in [-0.2, -0.15) is 0 Å². The maximum atomic E-state index is 13.7. The summed E-state index contributed by atoms with van der Waals surface area (Å²) in [6.07, 6.45) is 2.59. The molecular weight excluding hydrogens is 477 g/mol. The number of aryl methyl sites for hydroxylation is 1. The van der Waals surface area contributed by atoms with E-state index in [9.17, 15) is 14.0 Å². The molecule has 2 aromatic carbocycles. The van der Waals surface area contributed by atoms with Gasteiger partial charge in [0, 0.05) is 58.4 Å². The third-order valence-corrected chi connectivity index (χ3v) is 6.74. The third-order valence-electron chi connectivity index (χ3n) is 6.74. The summed E-state index contributed by atoms with van der Waals surface area (Å²) in [5, 5.41) is 14.0. The standard InChI is InChI=1S/C28H38FN3O5/c1-36-18-4-17-32(25(34)15-10-20-8-13-23(33)14-9-20)26(24-5-3-16-30-28(24)37-2)27(35)31-19-21-6-11-22(29)12-7-21/h6-9,11-14,24,26,28,30,33H,3-5,10,15-19H2,1-2H3,(H,31,35)/p+1. The van der Waals surface area contributed by atoms with Crippen LogP contribution < -0.4 is 10.6 Å². The van der Waals surface area contributed by atoms with Crippen molar-refractivity contribution in [2.75, 3.05) is 33.9 Å². The molecule has 4 N–H and O–H groups in total. The van der Waals surface area contributed by atoms with E-state index in [0.717, 1.165) is 30.5 Å². The summed E-state index contributed by atoms with van der Waals surface area (Å²) in [6, 6.07) is 12.4. The molecule has 9 heteroatoms. The Balaban J connectivity index is 1.83. The number of ether oxygens (including phenoxy) is 2. The van der Waals surface area contributed by atoms with Gasteiger partial charge in [-0.3, -0.25) is 14.9 Å². The molecule has 0 aromatic heterocycles. The van der Waals surface area contributed by atoms with Crippen LogP contribution >= 0.6 is 0 Å². The van der Waals surface area contributed by atoms with E-state index in [0.29, 0.717) is 31.7 Å². The number of halogens is 1. The van der Waals surface area contributed by atoms with E-state index in [1.165, 1.54) is 12.1 Å². The Kier molecular flexibility index (Phi) is 11.3. The first-order valence-corrected chi connectivity index (χ1v) is 12.8. The number of methoxy groups -OCH3 is 2. The van der Waals surface area contributed by atoms with Gasteiger partial charge in [-0.25, -0.2) is 4.39 Å². The van der Waals surface area contributed by atoms with Crippen molar-refractivity contribution in [3.8, 4) is 5.75 Å². The van der Waals surface area contributed by atoms with Crippen molar-refractivity contribution in [3.05, 3.63) is 65.5 Å². The normalized spacial score (nSPS) is 18.2. The van der Waals surface area contributed by atoms with Crippen molar-refractivity contribution in [3.63, 3.8) is 0 Å². The maximum Gasteiger partial charge on any atom is 0.253 e. The molecule has 2 aromatic rings. The van der Waals surface area contributed by atoms with E-state index in [2.05, 4.69) is 10.6 Å². The number of nitrogens with zero attached hydrogens (tertiary/aromatic N) is 1. The number of benzene rings is 2. The van der Waals surface area contributed by atoms with Gasteiger partial charge in [0.15, 0.2) is 0 Å². The van der Waals surface area contributed by atoms with Crippen LogP contribution in [0.4, 0.5) is 4.39 Å². The van der Waals surface area contributed by atoms with E-state index in [4.69, 9.17) is 14.6 Å². The molecule has 3 rings (SSSR count). The first-order valence-electron chi connectivity index (χ1n) is 12.8. The van der Waals surface area contributed by atoms with Gasteiger partial charge < -0.3 is 24.8 Å². The lowest BCUT2D eigenvalue weighted by atomic mass is 9.87. The molecule has 202 valence electrons. The molecule has 1 fully saturated rings. The number of carbonyl (C=O) groups excluding carboxylic acids is 2. The topological polar surface area (TPSA) is 103 Å². The fourth-order valence-electron chi connectivity index (χ4n) is 4.79. The summed E-state index contributed by atoms with van der Waals surface area (Å²) in [6.45, 7) is 1.85. The summed E-state index contributed by atoms with van der Waals surface area (Å²) in [4.78, 5) is 29.0. The van der Waals surface area contributed by atoms with Crippen molar-refractivity contribution in [2.45, 2.75) is 50.9 Å². The number of nitrogens with one attached hydrogen (secondary N) is 2. The van der Waals surface area contributed by atoms with Crippen LogP contribution in [0.15, 0.2) is 48.5 Å². The molecule has 1 aliphatic heterocycles. The van der Waals surface area contributed by atoms with E-state index < -0.39 is 6.04 Å². The van der Waals surface area contributed by atoms with Gasteiger partial charge in [0.25, 0.3) is 5.75 Å². The van der Waals surface area contributed by atoms with Crippen LogP contribution in [0.5, 0.6) is 5.75 Å². The molecular formula is C28H39FN3O5+. The van der Waals surface area contributed by atoms with Crippen molar-refractivity contribution in [2.24, 2.45) is 5.92 Å². The second-order valence-electron chi connectivity index (χ2n) is 9.34. The zero-order chi connectivity index (χ0) is 26.6. The zero-order valence-electron chi connectivity index (χ0n) is 21.7. The predicted octanol–water partition coefficient (Wildman–Crippen LogP) is 2.72. The largest absolute Gasteiger partial charge is 0.593 e. The van der Waals surface area contributed by atoms with Gasteiger partial charge in [-0.15, -0.1) is 0 Å². The average Bonchev–Trinajstić information content (AvgIpc) is 2.92. The Bertz CT molecular complexity index is 986. The summed E-state index contributed by atoms with van der Waals surface area (Å²) < 4.78 is 24.2. The fourth-order valence-corrected chi connectivity index (χ4v) is 4.79. The molecule has 0 aliphatic carbocycles. The van der Waals surface area contributed by atoms with Crippen LogP contribution in [0.3, 0.4) is 0 Å². The Morgan fingerprint density at radius 3 is 2.51 bits per heavy atom. The molecule has 8 nitrogen and oxygen atoms in total. The second-order valence-corrected chi connectivity index (χ2v) is 9.34. The van der Waals surface area contributed by atoms with Crippen LogP contribution in [0.25, 0.3) is 0 Å². The van der Waals surface area contributed by atoms with E-state index >= 15 is 0 Å². The Labute approximate surface area is 218 Å². The highest BCUT2D eigenvalue weighted by atomic mass is 19.1. The van der Waals surface area contributed by atoms with Gasteiger partial charge in [0.05, 0.1) is 0 Å². The smallest absolute Gasteiger partial charge is 0.253 e. The minimum atomic E-state index is -0.738. The predicted molar refractivity (Wildman–Crippen MR) is 140 cm³/mol. The summed E-state index contributed by atoms with van der Waals surface area (Å²) >= 11 is 0. The van der Waals surface area contributed by atoms with Gasteiger partial charge in [-0.1, -0.05) is 12.1 Å². The van der Waals surface area contributed by atoms with Crippen molar-refractivity contribution in [1.29, 1.82) is 0 Å². The van der Waals surface area contributed by atoms with Crippen molar-refractivity contribution < 1.29 is 28.6 Å². The molecule has 0 radical (unpaired) electrons. The minimum Gasteiger partial charge on any atom is -0.593 e. The lowest BCUT2D eigenvalue weighted by Crippen LogP contribution is -2.59.